The zero-order valence-corrected chi connectivity index (χ0v) is 17.0. The zero-order chi connectivity index (χ0) is 18.9. The molecule has 26 heavy (non-hydrogen) atoms. The third-order valence-corrected chi connectivity index (χ3v) is 6.41. The lowest BCUT2D eigenvalue weighted by Crippen LogP contribution is -2.31. The highest BCUT2D eigenvalue weighted by molar-refractivity contribution is 7.89. The van der Waals surface area contributed by atoms with E-state index in [2.05, 4.69) is 9.62 Å². The lowest BCUT2D eigenvalue weighted by molar-refractivity contribution is 0.295. The van der Waals surface area contributed by atoms with Crippen molar-refractivity contribution in [3.63, 3.8) is 0 Å². The summed E-state index contributed by atoms with van der Waals surface area (Å²) < 4.78 is 27.4. The Bertz CT molecular complexity index is 916. The van der Waals surface area contributed by atoms with Crippen molar-refractivity contribution < 1.29 is 8.42 Å². The highest BCUT2D eigenvalue weighted by atomic mass is 35.5. The maximum Gasteiger partial charge on any atom is 0.240 e. The molecule has 0 bridgehead atoms. The summed E-state index contributed by atoms with van der Waals surface area (Å²) in [7, 11) is -1.54. The van der Waals surface area contributed by atoms with Crippen LogP contribution in [0.25, 0.3) is 0 Å². The molecule has 0 saturated carbocycles. The predicted molar refractivity (Wildman–Crippen MR) is 106 cm³/mol. The first-order valence-corrected chi connectivity index (χ1v) is 10.7. The van der Waals surface area contributed by atoms with E-state index >= 15 is 0 Å². The van der Waals surface area contributed by atoms with Gasteiger partial charge in [0.05, 0.1) is 4.90 Å². The first kappa shape index (κ1) is 19.6. The third kappa shape index (κ3) is 4.07. The molecule has 3 rings (SSSR count). The van der Waals surface area contributed by atoms with Crippen LogP contribution in [0.15, 0.2) is 41.3 Å². The summed E-state index contributed by atoms with van der Waals surface area (Å²) in [5, 5.41) is 1.23. The van der Waals surface area contributed by atoms with Crippen molar-refractivity contribution in [3.05, 3.63) is 69.7 Å². The Hall–Kier alpha value is -1.11. The summed E-state index contributed by atoms with van der Waals surface area (Å²) in [4.78, 5) is 2.43. The van der Waals surface area contributed by atoms with Crippen LogP contribution in [-0.2, 0) is 16.6 Å². The van der Waals surface area contributed by atoms with Gasteiger partial charge in [-0.2, -0.15) is 0 Å². The number of sulfonamides is 1. The minimum absolute atomic E-state index is 0.00487. The van der Waals surface area contributed by atoms with Crippen molar-refractivity contribution in [2.45, 2.75) is 30.7 Å². The minimum Gasteiger partial charge on any atom is -0.301 e. The number of likely N-dealkylation sites (N-methyl/N-ethyl adjacent to an activating group) is 1. The van der Waals surface area contributed by atoms with Gasteiger partial charge in [0, 0.05) is 35.6 Å². The van der Waals surface area contributed by atoms with Crippen molar-refractivity contribution in [2.75, 3.05) is 13.6 Å². The minimum atomic E-state index is -3.56. The van der Waals surface area contributed by atoms with E-state index in [0.717, 1.165) is 29.8 Å². The van der Waals surface area contributed by atoms with Gasteiger partial charge in [0.15, 0.2) is 0 Å². The topological polar surface area (TPSA) is 49.4 Å². The Labute approximate surface area is 165 Å². The summed E-state index contributed by atoms with van der Waals surface area (Å²) in [5.74, 6) is 0.00487. The normalized spacial score (nSPS) is 17.9. The third-order valence-electron chi connectivity index (χ3n) is 4.51. The highest BCUT2D eigenvalue weighted by Gasteiger charge is 2.28. The largest absolute Gasteiger partial charge is 0.301 e. The van der Waals surface area contributed by atoms with E-state index in [9.17, 15) is 8.42 Å². The van der Waals surface area contributed by atoms with Crippen molar-refractivity contribution in [3.8, 4) is 0 Å². The average molecular weight is 412 g/mol. The molecule has 0 saturated heterocycles. The fraction of sp³-hybridized carbons (Fsp3) is 0.316. The SMILES string of the molecule is CC[CH]NS(=O)(=O)c1cccc(C2CN(C)Cc3c(Cl)cc(Cl)cc32)c1. The van der Waals surface area contributed by atoms with Gasteiger partial charge in [-0.15, -0.1) is 0 Å². The number of nitrogens with one attached hydrogen (secondary N) is 1. The molecule has 1 heterocycles. The van der Waals surface area contributed by atoms with Crippen molar-refractivity contribution >= 4 is 33.2 Å². The number of rotatable bonds is 5. The molecular weight excluding hydrogens is 391 g/mol. The van der Waals surface area contributed by atoms with Crippen LogP contribution in [0.5, 0.6) is 0 Å². The van der Waals surface area contributed by atoms with E-state index in [1.807, 2.05) is 26.1 Å². The molecule has 2 aromatic rings. The highest BCUT2D eigenvalue weighted by Crippen LogP contribution is 2.38. The molecule has 1 radical (unpaired) electrons. The fourth-order valence-corrected chi connectivity index (χ4v) is 4.93. The summed E-state index contributed by atoms with van der Waals surface area (Å²) in [6.07, 6.45) is 0.622. The Morgan fingerprint density at radius 2 is 2.04 bits per heavy atom. The van der Waals surface area contributed by atoms with Gasteiger partial charge in [-0.3, -0.25) is 0 Å². The lowest BCUT2D eigenvalue weighted by Gasteiger charge is -2.33. The van der Waals surface area contributed by atoms with Crippen LogP contribution in [0.3, 0.4) is 0 Å². The average Bonchev–Trinajstić information content (AvgIpc) is 2.60. The molecule has 0 spiro atoms. The van der Waals surface area contributed by atoms with E-state index in [0.29, 0.717) is 16.5 Å². The summed E-state index contributed by atoms with van der Waals surface area (Å²) in [6.45, 7) is 4.92. The monoisotopic (exact) mass is 411 g/mol. The number of benzene rings is 2. The molecule has 4 nitrogen and oxygen atoms in total. The second-order valence-corrected chi connectivity index (χ2v) is 9.07. The van der Waals surface area contributed by atoms with E-state index in [1.165, 1.54) is 6.54 Å². The van der Waals surface area contributed by atoms with E-state index in [4.69, 9.17) is 23.2 Å². The number of halogens is 2. The molecule has 0 fully saturated rings. The van der Waals surface area contributed by atoms with Gasteiger partial charge in [-0.1, -0.05) is 42.3 Å². The van der Waals surface area contributed by atoms with Crippen LogP contribution in [0.2, 0.25) is 10.0 Å². The number of hydrogen-bond acceptors (Lipinski definition) is 3. The molecule has 0 aromatic heterocycles. The molecule has 1 atom stereocenters. The lowest BCUT2D eigenvalue weighted by atomic mass is 9.85. The van der Waals surface area contributed by atoms with E-state index in [-0.39, 0.29) is 10.8 Å². The summed E-state index contributed by atoms with van der Waals surface area (Å²) in [6, 6.07) is 10.7. The Kier molecular flexibility index (Phi) is 5.94. The van der Waals surface area contributed by atoms with Crippen molar-refractivity contribution in [2.24, 2.45) is 0 Å². The van der Waals surface area contributed by atoms with Gasteiger partial charge in [-0.25, -0.2) is 13.1 Å². The summed E-state index contributed by atoms with van der Waals surface area (Å²) >= 11 is 12.6. The number of nitrogens with zero attached hydrogens (tertiary/aromatic N) is 1. The van der Waals surface area contributed by atoms with E-state index in [1.54, 1.807) is 24.3 Å². The first-order chi connectivity index (χ1) is 12.3. The number of hydrogen-bond donors (Lipinski definition) is 1. The molecular formula is C19H21Cl2N2O2S. The second-order valence-electron chi connectivity index (χ2n) is 6.51. The molecule has 1 N–H and O–H groups in total. The molecule has 0 amide bonds. The molecule has 2 aromatic carbocycles. The molecule has 0 aliphatic carbocycles. The first-order valence-electron chi connectivity index (χ1n) is 8.42. The Morgan fingerprint density at radius 3 is 2.77 bits per heavy atom. The molecule has 1 unspecified atom stereocenters. The van der Waals surface area contributed by atoms with Gasteiger partial charge in [0.1, 0.15) is 0 Å². The van der Waals surface area contributed by atoms with Gasteiger partial charge in [0.2, 0.25) is 10.0 Å². The van der Waals surface area contributed by atoms with Crippen molar-refractivity contribution in [1.82, 2.24) is 9.62 Å². The standard InChI is InChI=1S/C19H21Cl2N2O2S/c1-3-7-22-26(24,25)15-6-4-5-13(8-15)17-11-23(2)12-18-16(17)9-14(20)10-19(18)21/h4-10,17,22H,3,11-12H2,1-2H3. The van der Waals surface area contributed by atoms with Gasteiger partial charge in [-0.05, 0) is 54.4 Å². The maximum absolute atomic E-state index is 12.4. The predicted octanol–water partition coefficient (Wildman–Crippen LogP) is 4.42. The fourth-order valence-electron chi connectivity index (χ4n) is 3.29. The van der Waals surface area contributed by atoms with Crippen LogP contribution in [0.4, 0.5) is 0 Å². The van der Waals surface area contributed by atoms with Crippen LogP contribution in [-0.4, -0.2) is 26.9 Å². The Morgan fingerprint density at radius 1 is 1.27 bits per heavy atom. The van der Waals surface area contributed by atoms with Gasteiger partial charge < -0.3 is 4.90 Å². The van der Waals surface area contributed by atoms with Crippen LogP contribution < -0.4 is 4.72 Å². The van der Waals surface area contributed by atoms with Gasteiger partial charge in [0.25, 0.3) is 0 Å². The Balaban J connectivity index is 2.04. The molecule has 1 aliphatic heterocycles. The van der Waals surface area contributed by atoms with Crippen LogP contribution in [0.1, 0.15) is 36.0 Å². The molecule has 7 heteroatoms. The van der Waals surface area contributed by atoms with E-state index < -0.39 is 10.0 Å². The quantitative estimate of drug-likeness (QED) is 0.791. The van der Waals surface area contributed by atoms with Crippen molar-refractivity contribution in [1.29, 1.82) is 0 Å². The van der Waals surface area contributed by atoms with Gasteiger partial charge >= 0.3 is 0 Å². The molecule has 139 valence electrons. The smallest absolute Gasteiger partial charge is 0.240 e. The van der Waals surface area contributed by atoms with Crippen LogP contribution >= 0.6 is 23.2 Å². The number of fused-ring (bicyclic) bond motifs is 1. The zero-order valence-electron chi connectivity index (χ0n) is 14.7. The molecule has 1 aliphatic rings. The second kappa shape index (κ2) is 7.87. The summed E-state index contributed by atoms with van der Waals surface area (Å²) in [5.41, 5.74) is 3.03. The maximum atomic E-state index is 12.4. The van der Waals surface area contributed by atoms with Crippen LogP contribution in [0, 0.1) is 6.54 Å².